The minimum absolute atomic E-state index is 0.0318. The van der Waals surface area contributed by atoms with Crippen molar-refractivity contribution in [2.24, 2.45) is 0 Å². The highest BCUT2D eigenvalue weighted by Crippen LogP contribution is 2.23. The van der Waals surface area contributed by atoms with Crippen LogP contribution in [0.2, 0.25) is 0 Å². The topological polar surface area (TPSA) is 72.2 Å². The van der Waals surface area contributed by atoms with Crippen LogP contribution < -0.4 is 5.32 Å². The average Bonchev–Trinajstić information content (AvgIpc) is 2.47. The van der Waals surface area contributed by atoms with Crippen molar-refractivity contribution in [3.05, 3.63) is 69.3 Å². The molecule has 0 heterocycles. The lowest BCUT2D eigenvalue weighted by molar-refractivity contribution is -0.385. The van der Waals surface area contributed by atoms with E-state index in [0.29, 0.717) is 5.69 Å². The van der Waals surface area contributed by atoms with Gasteiger partial charge in [-0.15, -0.1) is 11.6 Å². The lowest BCUT2D eigenvalue weighted by atomic mass is 10.1. The first-order chi connectivity index (χ1) is 10.0. The largest absolute Gasteiger partial charge is 0.321 e. The highest BCUT2D eigenvalue weighted by Gasteiger charge is 2.20. The zero-order valence-electron chi connectivity index (χ0n) is 11.3. The number of nitro benzene ring substituents is 1. The number of nitrogens with zero attached hydrogens (tertiary/aromatic N) is 1. The summed E-state index contributed by atoms with van der Waals surface area (Å²) in [7, 11) is 0. The van der Waals surface area contributed by atoms with Crippen molar-refractivity contribution in [1.82, 2.24) is 0 Å². The summed E-state index contributed by atoms with van der Waals surface area (Å²) in [4.78, 5) is 22.8. The highest BCUT2D eigenvalue weighted by atomic mass is 35.5. The third-order valence-corrected chi connectivity index (χ3v) is 3.29. The second-order valence-corrected chi connectivity index (χ2v) is 4.79. The van der Waals surface area contributed by atoms with E-state index in [9.17, 15) is 14.9 Å². The molecule has 2 aromatic carbocycles. The Labute approximate surface area is 126 Å². The van der Waals surface area contributed by atoms with Gasteiger partial charge in [0.15, 0.2) is 0 Å². The predicted molar refractivity (Wildman–Crippen MR) is 81.8 cm³/mol. The van der Waals surface area contributed by atoms with Gasteiger partial charge in [0.05, 0.1) is 4.92 Å². The molecule has 0 aliphatic rings. The van der Waals surface area contributed by atoms with Gasteiger partial charge in [0.25, 0.3) is 11.6 Å². The smallest absolute Gasteiger partial charge is 0.282 e. The van der Waals surface area contributed by atoms with Crippen LogP contribution in [-0.4, -0.2) is 10.8 Å². The fourth-order valence-electron chi connectivity index (χ4n) is 1.94. The van der Waals surface area contributed by atoms with E-state index in [2.05, 4.69) is 5.32 Å². The first kappa shape index (κ1) is 15.0. The lowest BCUT2D eigenvalue weighted by Crippen LogP contribution is -2.15. The van der Waals surface area contributed by atoms with Gasteiger partial charge in [-0.2, -0.15) is 0 Å². The third kappa shape index (κ3) is 3.38. The molecular formula is C15H13ClN2O3. The Morgan fingerprint density at radius 2 is 2.00 bits per heavy atom. The van der Waals surface area contributed by atoms with Crippen LogP contribution in [0.3, 0.4) is 0 Å². The number of halogens is 1. The molecule has 0 aliphatic heterocycles. The van der Waals surface area contributed by atoms with E-state index < -0.39 is 10.8 Å². The van der Waals surface area contributed by atoms with Crippen LogP contribution in [0.5, 0.6) is 0 Å². The number of nitro groups is 1. The Morgan fingerprint density at radius 3 is 2.67 bits per heavy atom. The number of aryl methyl sites for hydroxylation is 1. The molecule has 0 fully saturated rings. The number of alkyl halides is 1. The van der Waals surface area contributed by atoms with Crippen molar-refractivity contribution < 1.29 is 9.72 Å². The van der Waals surface area contributed by atoms with E-state index in [-0.39, 0.29) is 17.1 Å². The number of nitrogens with one attached hydrogen (secondary N) is 1. The van der Waals surface area contributed by atoms with Gasteiger partial charge in [0.1, 0.15) is 5.56 Å². The summed E-state index contributed by atoms with van der Waals surface area (Å²) in [6.07, 6.45) is 0. The number of hydrogen-bond acceptors (Lipinski definition) is 3. The van der Waals surface area contributed by atoms with Crippen molar-refractivity contribution in [2.45, 2.75) is 12.8 Å². The van der Waals surface area contributed by atoms with Gasteiger partial charge in [0, 0.05) is 17.6 Å². The first-order valence-corrected chi connectivity index (χ1v) is 6.76. The quantitative estimate of drug-likeness (QED) is 0.529. The summed E-state index contributed by atoms with van der Waals surface area (Å²) in [5.74, 6) is -0.283. The van der Waals surface area contributed by atoms with E-state index in [4.69, 9.17) is 11.6 Å². The van der Waals surface area contributed by atoms with Crippen LogP contribution in [0.4, 0.5) is 11.4 Å². The fourth-order valence-corrected chi connectivity index (χ4v) is 2.17. The summed E-state index contributed by atoms with van der Waals surface area (Å²) in [6, 6.07) is 11.5. The second-order valence-electron chi connectivity index (χ2n) is 4.52. The van der Waals surface area contributed by atoms with Gasteiger partial charge >= 0.3 is 0 Å². The van der Waals surface area contributed by atoms with E-state index in [0.717, 1.165) is 11.1 Å². The van der Waals surface area contributed by atoms with Crippen molar-refractivity contribution in [3.63, 3.8) is 0 Å². The molecule has 21 heavy (non-hydrogen) atoms. The number of anilines is 1. The molecule has 2 aromatic rings. The molecule has 0 aliphatic carbocycles. The average molecular weight is 305 g/mol. The highest BCUT2D eigenvalue weighted by molar-refractivity contribution is 6.17. The van der Waals surface area contributed by atoms with Gasteiger partial charge in [-0.25, -0.2) is 0 Å². The van der Waals surface area contributed by atoms with Crippen LogP contribution >= 0.6 is 11.6 Å². The van der Waals surface area contributed by atoms with Crippen molar-refractivity contribution >= 4 is 28.9 Å². The number of hydrogen-bond donors (Lipinski definition) is 1. The Balaban J connectivity index is 2.37. The minimum Gasteiger partial charge on any atom is -0.321 e. The minimum atomic E-state index is -0.568. The molecular weight excluding hydrogens is 292 g/mol. The van der Waals surface area contributed by atoms with Crippen LogP contribution in [0.1, 0.15) is 21.5 Å². The Morgan fingerprint density at radius 1 is 1.29 bits per heavy atom. The van der Waals surface area contributed by atoms with E-state index >= 15 is 0 Å². The molecule has 0 atom stereocenters. The Bertz CT molecular complexity index is 701. The van der Waals surface area contributed by atoms with Crippen LogP contribution in [-0.2, 0) is 5.88 Å². The summed E-state index contributed by atoms with van der Waals surface area (Å²) in [6.45, 7) is 1.77. The van der Waals surface area contributed by atoms with E-state index in [1.807, 2.05) is 6.07 Å². The van der Waals surface area contributed by atoms with Crippen LogP contribution in [0.25, 0.3) is 0 Å². The molecule has 5 nitrogen and oxygen atoms in total. The molecule has 108 valence electrons. The first-order valence-electron chi connectivity index (χ1n) is 6.23. The normalized spacial score (nSPS) is 10.2. The summed E-state index contributed by atoms with van der Waals surface area (Å²) in [5.41, 5.74) is 1.89. The van der Waals surface area contributed by atoms with E-state index in [1.165, 1.54) is 12.1 Å². The standard InChI is InChI=1S/C15H13ClN2O3/c1-10-6-7-14(18(20)21)12(8-10)15(19)17-13-5-3-2-4-11(13)9-16/h2-8H,9H2,1H3,(H,17,19). The fraction of sp³-hybridized carbons (Fsp3) is 0.133. The monoisotopic (exact) mass is 304 g/mol. The van der Waals surface area contributed by atoms with Crippen LogP contribution in [0.15, 0.2) is 42.5 Å². The number of benzene rings is 2. The number of para-hydroxylation sites is 1. The number of amides is 1. The van der Waals surface area contributed by atoms with Crippen molar-refractivity contribution in [2.75, 3.05) is 5.32 Å². The number of rotatable bonds is 4. The SMILES string of the molecule is Cc1ccc([N+](=O)[O-])c(C(=O)Nc2ccccc2CCl)c1. The molecule has 2 rings (SSSR count). The molecule has 0 saturated carbocycles. The lowest BCUT2D eigenvalue weighted by Gasteiger charge is -2.09. The molecule has 1 N–H and O–H groups in total. The van der Waals surface area contributed by atoms with Gasteiger partial charge < -0.3 is 5.32 Å². The molecule has 0 bridgehead atoms. The Kier molecular flexibility index (Phi) is 4.55. The number of carbonyl (C=O) groups excluding carboxylic acids is 1. The molecule has 1 amide bonds. The van der Waals surface area contributed by atoms with Gasteiger partial charge in [-0.1, -0.05) is 24.3 Å². The van der Waals surface area contributed by atoms with Crippen molar-refractivity contribution in [1.29, 1.82) is 0 Å². The maximum Gasteiger partial charge on any atom is 0.282 e. The van der Waals surface area contributed by atoms with Crippen LogP contribution in [0, 0.1) is 17.0 Å². The van der Waals surface area contributed by atoms with E-state index in [1.54, 1.807) is 31.2 Å². The molecule has 0 spiro atoms. The predicted octanol–water partition coefficient (Wildman–Crippen LogP) is 3.89. The molecule has 6 heteroatoms. The van der Waals surface area contributed by atoms with Crippen molar-refractivity contribution in [3.8, 4) is 0 Å². The molecule has 0 aromatic heterocycles. The maximum atomic E-state index is 12.3. The number of carbonyl (C=O) groups is 1. The van der Waals surface area contributed by atoms with Gasteiger partial charge in [-0.05, 0) is 30.2 Å². The zero-order valence-corrected chi connectivity index (χ0v) is 12.1. The van der Waals surface area contributed by atoms with Gasteiger partial charge in [0.2, 0.25) is 0 Å². The maximum absolute atomic E-state index is 12.3. The second kappa shape index (κ2) is 6.37. The zero-order chi connectivity index (χ0) is 15.4. The van der Waals surface area contributed by atoms with Gasteiger partial charge in [-0.3, -0.25) is 14.9 Å². The Hall–Kier alpha value is -2.40. The molecule has 0 saturated heterocycles. The summed E-state index contributed by atoms with van der Waals surface area (Å²) < 4.78 is 0. The molecule has 0 unspecified atom stereocenters. The third-order valence-electron chi connectivity index (χ3n) is 3.00. The summed E-state index contributed by atoms with van der Waals surface area (Å²) >= 11 is 5.81. The summed E-state index contributed by atoms with van der Waals surface area (Å²) in [5, 5.41) is 13.7. The molecule has 0 radical (unpaired) electrons.